The lowest BCUT2D eigenvalue weighted by molar-refractivity contribution is -0.120. The number of ketones is 1. The van der Waals surface area contributed by atoms with Gasteiger partial charge in [0.05, 0.1) is 31.1 Å². The number of carbonyl (C=O) groups is 2. The molecule has 192 valence electrons. The van der Waals surface area contributed by atoms with Crippen molar-refractivity contribution in [2.75, 3.05) is 51.1 Å². The van der Waals surface area contributed by atoms with E-state index in [4.69, 9.17) is 4.74 Å². The maximum atomic E-state index is 13.8. The van der Waals surface area contributed by atoms with Crippen molar-refractivity contribution in [1.82, 2.24) is 10.2 Å². The summed E-state index contributed by atoms with van der Waals surface area (Å²) in [6.07, 6.45) is 2.08. The van der Waals surface area contributed by atoms with Gasteiger partial charge >= 0.3 is 0 Å². The summed E-state index contributed by atoms with van der Waals surface area (Å²) in [4.78, 5) is 31.2. The molecule has 0 saturated carbocycles. The third-order valence-corrected chi connectivity index (χ3v) is 6.86. The Bertz CT molecular complexity index is 1150. The number of methoxy groups -OCH3 is 1. The van der Waals surface area contributed by atoms with Crippen LogP contribution in [0.4, 0.5) is 11.4 Å². The fourth-order valence-electron chi connectivity index (χ4n) is 5.28. The van der Waals surface area contributed by atoms with Crippen molar-refractivity contribution < 1.29 is 14.3 Å². The number of hydrogen-bond acceptors (Lipinski definition) is 6. The van der Waals surface area contributed by atoms with Gasteiger partial charge in [-0.05, 0) is 57.1 Å². The van der Waals surface area contributed by atoms with Crippen LogP contribution in [-0.2, 0) is 9.59 Å². The van der Waals surface area contributed by atoms with Crippen LogP contribution in [0.25, 0.3) is 0 Å². The lowest BCUT2D eigenvalue weighted by atomic mass is 9.73. The maximum absolute atomic E-state index is 13.8. The number of Topliss-reactive ketones (excluding diaryl/α,β-unsaturated/α-hetero) is 1. The second-order valence-electron chi connectivity index (χ2n) is 10.8. The number of ether oxygens (including phenoxy) is 1. The van der Waals surface area contributed by atoms with Gasteiger partial charge in [-0.3, -0.25) is 9.59 Å². The SMILES string of the molecule is COc1ccccc1C1C2=C(CC(C)(C)CC2=O)Nc2ccccc2N1CC(=O)NCCCN(C)C. The molecule has 4 rings (SSSR count). The quantitative estimate of drug-likeness (QED) is 0.535. The minimum absolute atomic E-state index is 0.0731. The standard InChI is InChI=1S/C29H38N4O3/c1-29(2)17-22-27(24(34)18-29)28(20-11-6-9-14-25(20)36-5)33(23-13-8-7-12-21(23)31-22)19-26(35)30-15-10-16-32(3)4/h6-9,11-14,28,31H,10,15-19H2,1-5H3,(H,30,35). The van der Waals surface area contributed by atoms with Crippen molar-refractivity contribution in [2.24, 2.45) is 5.41 Å². The highest BCUT2D eigenvalue weighted by Crippen LogP contribution is 2.49. The Morgan fingerprint density at radius 3 is 2.61 bits per heavy atom. The summed E-state index contributed by atoms with van der Waals surface area (Å²) < 4.78 is 5.75. The van der Waals surface area contributed by atoms with Gasteiger partial charge in [-0.25, -0.2) is 0 Å². The number of rotatable bonds is 8. The number of anilines is 2. The number of nitrogens with one attached hydrogen (secondary N) is 2. The van der Waals surface area contributed by atoms with E-state index in [0.29, 0.717) is 18.7 Å². The molecule has 1 atom stereocenters. The summed E-state index contributed by atoms with van der Waals surface area (Å²) in [5.74, 6) is 0.729. The fraction of sp³-hybridized carbons (Fsp3) is 0.448. The van der Waals surface area contributed by atoms with E-state index < -0.39 is 6.04 Å². The summed E-state index contributed by atoms with van der Waals surface area (Å²) in [7, 11) is 5.69. The van der Waals surface area contributed by atoms with Gasteiger partial charge in [0.2, 0.25) is 5.91 Å². The summed E-state index contributed by atoms with van der Waals surface area (Å²) in [6, 6.07) is 15.3. The lowest BCUT2D eigenvalue weighted by Gasteiger charge is -2.38. The predicted octanol–water partition coefficient (Wildman–Crippen LogP) is 4.38. The molecule has 0 fully saturated rings. The van der Waals surface area contributed by atoms with E-state index >= 15 is 0 Å². The van der Waals surface area contributed by atoms with Gasteiger partial charge in [0.1, 0.15) is 5.75 Å². The van der Waals surface area contributed by atoms with Crippen molar-refractivity contribution in [3.8, 4) is 5.75 Å². The predicted molar refractivity (Wildman–Crippen MR) is 144 cm³/mol. The highest BCUT2D eigenvalue weighted by Gasteiger charge is 2.42. The fourth-order valence-corrected chi connectivity index (χ4v) is 5.28. The molecule has 0 aromatic heterocycles. The molecule has 0 saturated heterocycles. The van der Waals surface area contributed by atoms with Crippen LogP contribution in [-0.4, -0.2) is 57.4 Å². The minimum atomic E-state index is -0.455. The molecule has 7 heteroatoms. The van der Waals surface area contributed by atoms with E-state index in [2.05, 4.69) is 34.3 Å². The van der Waals surface area contributed by atoms with Gasteiger partial charge in [-0.15, -0.1) is 0 Å². The third kappa shape index (κ3) is 5.57. The second kappa shape index (κ2) is 10.7. The summed E-state index contributed by atoms with van der Waals surface area (Å²) in [6.45, 7) is 5.89. The number of allylic oxidation sites excluding steroid dienone is 1. The van der Waals surface area contributed by atoms with Crippen LogP contribution in [0, 0.1) is 5.41 Å². The molecule has 1 aliphatic heterocycles. The van der Waals surface area contributed by atoms with Gasteiger partial charge in [-0.1, -0.05) is 44.2 Å². The van der Waals surface area contributed by atoms with E-state index in [-0.39, 0.29) is 23.7 Å². The molecule has 1 unspecified atom stereocenters. The van der Waals surface area contributed by atoms with Crippen LogP contribution in [0.2, 0.25) is 0 Å². The molecule has 0 bridgehead atoms. The van der Waals surface area contributed by atoms with E-state index in [1.54, 1.807) is 7.11 Å². The van der Waals surface area contributed by atoms with E-state index in [1.807, 2.05) is 62.6 Å². The molecule has 2 aliphatic rings. The average Bonchev–Trinajstić information content (AvgIpc) is 2.95. The van der Waals surface area contributed by atoms with Crippen LogP contribution in [0.5, 0.6) is 5.75 Å². The number of carbonyl (C=O) groups excluding carboxylic acids is 2. The molecule has 1 heterocycles. The van der Waals surface area contributed by atoms with Crippen molar-refractivity contribution in [1.29, 1.82) is 0 Å². The van der Waals surface area contributed by atoms with Gasteiger partial charge in [0.15, 0.2) is 5.78 Å². The number of hydrogen-bond donors (Lipinski definition) is 2. The minimum Gasteiger partial charge on any atom is -0.496 e. The molecule has 1 amide bonds. The third-order valence-electron chi connectivity index (χ3n) is 6.86. The Morgan fingerprint density at radius 2 is 1.86 bits per heavy atom. The zero-order valence-corrected chi connectivity index (χ0v) is 22.1. The Hall–Kier alpha value is -3.32. The Labute approximate surface area is 214 Å². The summed E-state index contributed by atoms with van der Waals surface area (Å²) >= 11 is 0. The van der Waals surface area contributed by atoms with Crippen molar-refractivity contribution >= 4 is 23.1 Å². The molecule has 2 aromatic carbocycles. The lowest BCUT2D eigenvalue weighted by Crippen LogP contribution is -2.42. The number of nitrogens with zero attached hydrogens (tertiary/aromatic N) is 2. The highest BCUT2D eigenvalue weighted by molar-refractivity contribution is 6.02. The molecule has 36 heavy (non-hydrogen) atoms. The second-order valence-corrected chi connectivity index (χ2v) is 10.8. The first kappa shape index (κ1) is 25.8. The van der Waals surface area contributed by atoms with Crippen molar-refractivity contribution in [3.63, 3.8) is 0 Å². The molecule has 0 radical (unpaired) electrons. The molecule has 2 aromatic rings. The normalized spacial score (nSPS) is 18.8. The monoisotopic (exact) mass is 490 g/mol. The van der Waals surface area contributed by atoms with Gasteiger partial charge in [0, 0.05) is 29.8 Å². The molecule has 7 nitrogen and oxygen atoms in total. The van der Waals surface area contributed by atoms with E-state index in [1.165, 1.54) is 0 Å². The van der Waals surface area contributed by atoms with E-state index in [0.717, 1.165) is 47.6 Å². The first-order valence-corrected chi connectivity index (χ1v) is 12.6. The number of para-hydroxylation sites is 3. The van der Waals surface area contributed by atoms with E-state index in [9.17, 15) is 9.59 Å². The van der Waals surface area contributed by atoms with Crippen molar-refractivity contribution in [3.05, 3.63) is 65.4 Å². The zero-order chi connectivity index (χ0) is 25.9. The Balaban J connectivity index is 1.81. The summed E-state index contributed by atoms with van der Waals surface area (Å²) in [5.41, 5.74) is 4.15. The van der Waals surface area contributed by atoms with Crippen LogP contribution in [0.3, 0.4) is 0 Å². The molecule has 0 spiro atoms. The first-order valence-electron chi connectivity index (χ1n) is 12.6. The van der Waals surface area contributed by atoms with Gasteiger partial charge in [-0.2, -0.15) is 0 Å². The Morgan fingerprint density at radius 1 is 1.14 bits per heavy atom. The zero-order valence-electron chi connectivity index (χ0n) is 22.1. The molecule has 1 aliphatic carbocycles. The molecule has 2 N–H and O–H groups in total. The number of amides is 1. The van der Waals surface area contributed by atoms with Gasteiger partial charge in [0.25, 0.3) is 0 Å². The van der Waals surface area contributed by atoms with Crippen LogP contribution in [0.1, 0.15) is 44.7 Å². The average molecular weight is 491 g/mol. The smallest absolute Gasteiger partial charge is 0.239 e. The van der Waals surface area contributed by atoms with Crippen LogP contribution >= 0.6 is 0 Å². The molecular formula is C29H38N4O3. The summed E-state index contributed by atoms with van der Waals surface area (Å²) in [5, 5.41) is 6.67. The van der Waals surface area contributed by atoms with Crippen LogP contribution < -0.4 is 20.3 Å². The van der Waals surface area contributed by atoms with Crippen molar-refractivity contribution in [2.45, 2.75) is 39.2 Å². The number of fused-ring (bicyclic) bond motifs is 1. The maximum Gasteiger partial charge on any atom is 0.239 e. The largest absolute Gasteiger partial charge is 0.496 e. The first-order chi connectivity index (χ1) is 17.2. The Kier molecular flexibility index (Phi) is 7.69. The topological polar surface area (TPSA) is 73.9 Å². The van der Waals surface area contributed by atoms with Crippen LogP contribution in [0.15, 0.2) is 59.8 Å². The highest BCUT2D eigenvalue weighted by atomic mass is 16.5. The van der Waals surface area contributed by atoms with Gasteiger partial charge < -0.3 is 25.2 Å². The molecular weight excluding hydrogens is 452 g/mol. The number of benzene rings is 2.